The van der Waals surface area contributed by atoms with Crippen LogP contribution in [0.5, 0.6) is 0 Å². The Kier molecular flexibility index (Phi) is 27.0. The third-order valence-electron chi connectivity index (χ3n) is 7.23. The maximum atomic E-state index is 12.2. The Hall–Kier alpha value is -3.79. The lowest BCUT2D eigenvalue weighted by molar-refractivity contribution is -0.142. The molecule has 0 heterocycles. The molecule has 7 N–H and O–H groups in total. The van der Waals surface area contributed by atoms with Gasteiger partial charge < -0.3 is 46.1 Å². The van der Waals surface area contributed by atoms with E-state index >= 15 is 0 Å². The van der Waals surface area contributed by atoms with Gasteiger partial charge in [0.1, 0.15) is 6.04 Å². The van der Waals surface area contributed by atoms with Crippen molar-refractivity contribution < 1.29 is 58.4 Å². The molecule has 0 aromatic rings. The first-order chi connectivity index (χ1) is 22.9. The number of hydrogen-bond donors (Lipinski definition) is 7. The highest BCUT2D eigenvalue weighted by atomic mass is 16.5. The van der Waals surface area contributed by atoms with Crippen molar-refractivity contribution in [2.75, 3.05) is 46.1 Å². The highest BCUT2D eigenvalue weighted by molar-refractivity contribution is 5.87. The van der Waals surface area contributed by atoms with Crippen molar-refractivity contribution in [3.8, 4) is 0 Å². The molecule has 48 heavy (non-hydrogen) atoms. The van der Waals surface area contributed by atoms with Gasteiger partial charge in [-0.05, 0) is 32.1 Å². The first-order valence-electron chi connectivity index (χ1n) is 16.8. The molecule has 276 valence electrons. The summed E-state index contributed by atoms with van der Waals surface area (Å²) in [6.07, 6.45) is 7.01. The van der Waals surface area contributed by atoms with Crippen molar-refractivity contribution >= 4 is 41.5 Å². The van der Waals surface area contributed by atoms with Crippen LogP contribution in [-0.4, -0.2) is 109 Å². The molecule has 0 rings (SSSR count). The second-order valence-electron chi connectivity index (χ2n) is 11.5. The summed E-state index contributed by atoms with van der Waals surface area (Å²) in [6.45, 7) is 3.72. The van der Waals surface area contributed by atoms with Gasteiger partial charge in [-0.3, -0.25) is 28.8 Å². The fourth-order valence-electron chi connectivity index (χ4n) is 4.33. The minimum absolute atomic E-state index is 0.0366. The van der Waals surface area contributed by atoms with Crippen LogP contribution in [0.4, 0.5) is 0 Å². The van der Waals surface area contributed by atoms with Crippen LogP contribution < -0.4 is 21.3 Å². The van der Waals surface area contributed by atoms with Gasteiger partial charge >= 0.3 is 17.9 Å². The lowest BCUT2D eigenvalue weighted by Crippen LogP contribution is -2.42. The molecule has 0 aromatic heterocycles. The molecule has 0 radical (unpaired) electrons. The Morgan fingerprint density at radius 3 is 1.56 bits per heavy atom. The fraction of sp³-hybridized carbons (Fsp3) is 0.781. The van der Waals surface area contributed by atoms with E-state index in [1.165, 1.54) is 0 Å². The summed E-state index contributed by atoms with van der Waals surface area (Å²) in [5.74, 6) is -4.83. The van der Waals surface area contributed by atoms with Crippen LogP contribution >= 0.6 is 0 Å². The lowest BCUT2D eigenvalue weighted by Gasteiger charge is -2.14. The van der Waals surface area contributed by atoms with Crippen molar-refractivity contribution in [1.82, 2.24) is 21.3 Å². The Bertz CT molecular complexity index is 979. The maximum absolute atomic E-state index is 12.2. The smallest absolute Gasteiger partial charge is 0.326 e. The minimum Gasteiger partial charge on any atom is -0.481 e. The highest BCUT2D eigenvalue weighted by Gasteiger charge is 2.21. The van der Waals surface area contributed by atoms with E-state index in [2.05, 4.69) is 21.3 Å². The number of carboxylic acid groups (broad SMARTS) is 3. The van der Waals surface area contributed by atoms with E-state index in [-0.39, 0.29) is 57.1 Å². The van der Waals surface area contributed by atoms with E-state index in [0.717, 1.165) is 32.1 Å². The number of carboxylic acids is 3. The van der Waals surface area contributed by atoms with E-state index in [9.17, 15) is 38.7 Å². The summed E-state index contributed by atoms with van der Waals surface area (Å²) in [5, 5.41) is 37.2. The largest absolute Gasteiger partial charge is 0.481 e. The Morgan fingerprint density at radius 1 is 0.500 bits per heavy atom. The summed E-state index contributed by atoms with van der Waals surface area (Å²) >= 11 is 0. The molecule has 4 amide bonds. The fourth-order valence-corrected chi connectivity index (χ4v) is 4.33. The highest BCUT2D eigenvalue weighted by Crippen LogP contribution is 2.09. The summed E-state index contributed by atoms with van der Waals surface area (Å²) in [4.78, 5) is 80.7. The Morgan fingerprint density at radius 2 is 1.00 bits per heavy atom. The topological polar surface area (TPSA) is 247 Å². The molecule has 0 aliphatic rings. The Labute approximate surface area is 282 Å². The number of carbonyl (C=O) groups excluding carboxylic acids is 4. The van der Waals surface area contributed by atoms with E-state index < -0.39 is 41.7 Å². The molecule has 0 fully saturated rings. The molecule has 16 heteroatoms. The van der Waals surface area contributed by atoms with Crippen LogP contribution in [0, 0.1) is 5.92 Å². The Balaban J connectivity index is 3.76. The van der Waals surface area contributed by atoms with Gasteiger partial charge in [0.25, 0.3) is 0 Å². The zero-order valence-corrected chi connectivity index (χ0v) is 28.2. The third kappa shape index (κ3) is 28.4. The van der Waals surface area contributed by atoms with Gasteiger partial charge in [-0.25, -0.2) is 4.79 Å². The number of aliphatic carboxylic acids is 3. The first kappa shape index (κ1) is 44.2. The summed E-state index contributed by atoms with van der Waals surface area (Å²) in [7, 11) is 0. The van der Waals surface area contributed by atoms with Gasteiger partial charge in [-0.15, -0.1) is 0 Å². The second kappa shape index (κ2) is 29.4. The second-order valence-corrected chi connectivity index (χ2v) is 11.5. The van der Waals surface area contributed by atoms with E-state index in [1.54, 1.807) is 6.92 Å². The number of unbranched alkanes of at least 4 members (excludes halogenated alkanes) is 6. The zero-order chi connectivity index (χ0) is 36.0. The molecule has 0 unspecified atom stereocenters. The minimum atomic E-state index is -1.29. The number of ether oxygens (including phenoxy) is 2. The van der Waals surface area contributed by atoms with Crippen molar-refractivity contribution in [3.63, 3.8) is 0 Å². The molecular weight excluding hydrogens is 632 g/mol. The van der Waals surface area contributed by atoms with Crippen molar-refractivity contribution in [2.45, 2.75) is 109 Å². The van der Waals surface area contributed by atoms with Gasteiger partial charge in [0.15, 0.2) is 0 Å². The first-order valence-corrected chi connectivity index (χ1v) is 16.8. The van der Waals surface area contributed by atoms with E-state index in [1.807, 2.05) is 0 Å². The molecule has 16 nitrogen and oxygen atoms in total. The van der Waals surface area contributed by atoms with Gasteiger partial charge in [-0.2, -0.15) is 0 Å². The molecule has 0 bridgehead atoms. The molecule has 2 atom stereocenters. The molecule has 0 saturated heterocycles. The number of nitrogens with one attached hydrogen (secondary N) is 4. The normalized spacial score (nSPS) is 12.0. The van der Waals surface area contributed by atoms with Crippen molar-refractivity contribution in [1.29, 1.82) is 0 Å². The number of carbonyl (C=O) groups is 7. The monoisotopic (exact) mass is 688 g/mol. The molecule has 0 spiro atoms. The molecular formula is C32H56N4O12. The van der Waals surface area contributed by atoms with Crippen LogP contribution in [0.1, 0.15) is 103 Å². The van der Waals surface area contributed by atoms with Crippen LogP contribution in [0.25, 0.3) is 0 Å². The number of rotatable bonds is 32. The predicted molar refractivity (Wildman–Crippen MR) is 174 cm³/mol. The van der Waals surface area contributed by atoms with Crippen LogP contribution in [0.3, 0.4) is 0 Å². The molecule has 0 aliphatic carbocycles. The van der Waals surface area contributed by atoms with Crippen LogP contribution in [0.15, 0.2) is 0 Å². The summed E-state index contributed by atoms with van der Waals surface area (Å²) < 4.78 is 10.8. The maximum Gasteiger partial charge on any atom is 0.326 e. The lowest BCUT2D eigenvalue weighted by atomic mass is 10.0. The van der Waals surface area contributed by atoms with Crippen LogP contribution in [0.2, 0.25) is 0 Å². The van der Waals surface area contributed by atoms with Gasteiger partial charge in [0, 0.05) is 51.7 Å². The SMILES string of the molecule is C[C@@H](CCCCNC(=O)CC[C@H](NC(=O)CCC(=O)NCCOCCOCCNC(=O)CCCCCCCCC(=O)O)C(=O)O)C(=O)O. The van der Waals surface area contributed by atoms with Gasteiger partial charge in [0.2, 0.25) is 23.6 Å². The standard InChI is InChI=1S/C32H56N4O12/c1-24(31(43)44)10-8-9-17-33-27(38)14-13-25(32(45)46)36-29(40)16-15-28(39)35-19-21-48-23-22-47-20-18-34-26(37)11-6-4-2-3-5-7-12-30(41)42/h24-25H,2-23H2,1H3,(H,33,38)(H,34,37)(H,35,39)(H,36,40)(H,41,42)(H,43,44)(H,45,46)/t24-,25-/m0/s1. The molecule has 0 aromatic carbocycles. The number of hydrogen-bond acceptors (Lipinski definition) is 9. The summed E-state index contributed by atoms with van der Waals surface area (Å²) in [5.41, 5.74) is 0. The van der Waals surface area contributed by atoms with E-state index in [4.69, 9.17) is 19.7 Å². The zero-order valence-electron chi connectivity index (χ0n) is 28.2. The van der Waals surface area contributed by atoms with Crippen LogP contribution in [-0.2, 0) is 43.0 Å². The third-order valence-corrected chi connectivity index (χ3v) is 7.23. The van der Waals surface area contributed by atoms with Gasteiger partial charge in [-0.1, -0.05) is 39.0 Å². The van der Waals surface area contributed by atoms with Crippen molar-refractivity contribution in [3.05, 3.63) is 0 Å². The molecule has 0 aliphatic heterocycles. The number of amides is 4. The van der Waals surface area contributed by atoms with Crippen molar-refractivity contribution in [2.24, 2.45) is 5.92 Å². The van der Waals surface area contributed by atoms with Gasteiger partial charge in [0.05, 0.1) is 32.3 Å². The van der Waals surface area contributed by atoms with E-state index in [0.29, 0.717) is 65.0 Å². The average molecular weight is 689 g/mol. The summed E-state index contributed by atoms with van der Waals surface area (Å²) in [6, 6.07) is -1.28. The quantitative estimate of drug-likeness (QED) is 0.0498. The average Bonchev–Trinajstić information content (AvgIpc) is 3.03. The predicted octanol–water partition coefficient (Wildman–Crippen LogP) is 1.59. The molecule has 0 saturated carbocycles.